The minimum absolute atomic E-state index is 0.181. The summed E-state index contributed by atoms with van der Waals surface area (Å²) in [5, 5.41) is 2.73. The van der Waals surface area contributed by atoms with Crippen LogP contribution in [-0.2, 0) is 9.47 Å². The summed E-state index contributed by atoms with van der Waals surface area (Å²) >= 11 is 0. The average molecular weight is 253 g/mol. The number of hydrogen-bond donors (Lipinski definition) is 1. The lowest BCUT2D eigenvalue weighted by atomic mass is 10.2. The number of anilines is 1. The molecule has 6 nitrogen and oxygen atoms in total. The lowest BCUT2D eigenvalue weighted by Crippen LogP contribution is -2.34. The fraction of sp³-hybridized carbons (Fsp3) is 0.500. The Bertz CT molecular complexity index is 392. The summed E-state index contributed by atoms with van der Waals surface area (Å²) in [6.45, 7) is 0.297. The highest BCUT2D eigenvalue weighted by molar-refractivity contribution is 5.94. The Morgan fingerprint density at radius 3 is 2.67 bits per heavy atom. The Balaban J connectivity index is 2.64. The van der Waals surface area contributed by atoms with Crippen molar-refractivity contribution in [1.82, 2.24) is 10.3 Å². The van der Waals surface area contributed by atoms with Gasteiger partial charge in [-0.2, -0.15) is 0 Å². The van der Waals surface area contributed by atoms with E-state index in [1.54, 1.807) is 18.3 Å². The predicted octanol–water partition coefficient (Wildman–Crippen LogP) is 0.496. The maximum absolute atomic E-state index is 11.9. The third-order valence-corrected chi connectivity index (χ3v) is 2.42. The maximum Gasteiger partial charge on any atom is 0.251 e. The van der Waals surface area contributed by atoms with Crippen molar-refractivity contribution in [3.8, 4) is 0 Å². The Morgan fingerprint density at radius 1 is 1.44 bits per heavy atom. The minimum Gasteiger partial charge on any atom is -0.363 e. The third kappa shape index (κ3) is 3.97. The summed E-state index contributed by atoms with van der Waals surface area (Å²) in [5.41, 5.74) is 0.555. The van der Waals surface area contributed by atoms with Gasteiger partial charge in [-0.15, -0.1) is 0 Å². The van der Waals surface area contributed by atoms with Crippen LogP contribution in [0, 0.1) is 0 Å². The predicted molar refractivity (Wildman–Crippen MR) is 68.7 cm³/mol. The van der Waals surface area contributed by atoms with Crippen molar-refractivity contribution in [2.24, 2.45) is 0 Å². The van der Waals surface area contributed by atoms with Crippen LogP contribution in [0.2, 0.25) is 0 Å². The van der Waals surface area contributed by atoms with Crippen LogP contribution in [0.15, 0.2) is 18.3 Å². The Morgan fingerprint density at radius 2 is 2.11 bits per heavy atom. The van der Waals surface area contributed by atoms with Crippen molar-refractivity contribution < 1.29 is 14.3 Å². The molecule has 1 heterocycles. The summed E-state index contributed by atoms with van der Waals surface area (Å²) in [7, 11) is 6.79. The average Bonchev–Trinajstić information content (AvgIpc) is 2.39. The molecule has 0 bridgehead atoms. The number of aromatic nitrogens is 1. The number of methoxy groups -OCH3 is 2. The zero-order valence-electron chi connectivity index (χ0n) is 11.1. The fourth-order valence-corrected chi connectivity index (χ4v) is 1.35. The molecular formula is C12H19N3O3. The number of amides is 1. The second-order valence-corrected chi connectivity index (χ2v) is 3.91. The molecule has 6 heteroatoms. The largest absolute Gasteiger partial charge is 0.363 e. The van der Waals surface area contributed by atoms with E-state index < -0.39 is 6.29 Å². The van der Waals surface area contributed by atoms with Crippen molar-refractivity contribution in [2.75, 3.05) is 39.8 Å². The first kappa shape index (κ1) is 14.4. The van der Waals surface area contributed by atoms with Crippen LogP contribution >= 0.6 is 0 Å². The SMILES string of the molecule is COC(CNC(=O)c1ccnc(N(C)C)c1)OC. The topological polar surface area (TPSA) is 63.7 Å². The minimum atomic E-state index is -0.441. The van der Waals surface area contributed by atoms with E-state index in [-0.39, 0.29) is 5.91 Å². The van der Waals surface area contributed by atoms with Gasteiger partial charge in [0, 0.05) is 40.1 Å². The van der Waals surface area contributed by atoms with Crippen LogP contribution in [-0.4, -0.2) is 52.0 Å². The normalized spacial score (nSPS) is 10.5. The van der Waals surface area contributed by atoms with Crippen LogP contribution in [0.1, 0.15) is 10.4 Å². The van der Waals surface area contributed by atoms with Gasteiger partial charge in [-0.05, 0) is 12.1 Å². The first-order valence-electron chi connectivity index (χ1n) is 5.55. The monoisotopic (exact) mass is 253 g/mol. The maximum atomic E-state index is 11.9. The van der Waals surface area contributed by atoms with Gasteiger partial charge >= 0.3 is 0 Å². The van der Waals surface area contributed by atoms with Crippen molar-refractivity contribution in [2.45, 2.75) is 6.29 Å². The van der Waals surface area contributed by atoms with E-state index in [1.807, 2.05) is 19.0 Å². The molecule has 0 unspecified atom stereocenters. The Labute approximate surface area is 107 Å². The van der Waals surface area contributed by atoms with Gasteiger partial charge in [0.15, 0.2) is 6.29 Å². The molecular weight excluding hydrogens is 234 g/mol. The van der Waals surface area contributed by atoms with E-state index in [4.69, 9.17) is 9.47 Å². The quantitative estimate of drug-likeness (QED) is 0.748. The summed E-state index contributed by atoms with van der Waals surface area (Å²) in [6, 6.07) is 3.39. The molecule has 0 saturated carbocycles. The molecule has 0 spiro atoms. The number of carbonyl (C=O) groups excluding carboxylic acids is 1. The van der Waals surface area contributed by atoms with Gasteiger partial charge in [0.1, 0.15) is 5.82 Å². The van der Waals surface area contributed by atoms with Gasteiger partial charge in [0.2, 0.25) is 0 Å². The number of hydrogen-bond acceptors (Lipinski definition) is 5. The van der Waals surface area contributed by atoms with Gasteiger partial charge < -0.3 is 19.7 Å². The molecule has 1 aromatic rings. The Hall–Kier alpha value is -1.66. The van der Waals surface area contributed by atoms with Crippen molar-refractivity contribution in [1.29, 1.82) is 0 Å². The van der Waals surface area contributed by atoms with Gasteiger partial charge in [0.25, 0.3) is 5.91 Å². The van der Waals surface area contributed by atoms with Crippen LogP contribution in [0.4, 0.5) is 5.82 Å². The second kappa shape index (κ2) is 6.93. The number of nitrogens with zero attached hydrogens (tertiary/aromatic N) is 2. The smallest absolute Gasteiger partial charge is 0.251 e. The molecule has 1 aromatic heterocycles. The van der Waals surface area contributed by atoms with Gasteiger partial charge in [-0.1, -0.05) is 0 Å². The molecule has 0 saturated heterocycles. The van der Waals surface area contributed by atoms with Gasteiger partial charge in [-0.3, -0.25) is 4.79 Å². The van der Waals surface area contributed by atoms with Crippen LogP contribution in [0.5, 0.6) is 0 Å². The summed E-state index contributed by atoms with van der Waals surface area (Å²) in [4.78, 5) is 17.9. The molecule has 0 radical (unpaired) electrons. The molecule has 100 valence electrons. The van der Waals surface area contributed by atoms with E-state index in [1.165, 1.54) is 14.2 Å². The van der Waals surface area contributed by atoms with E-state index >= 15 is 0 Å². The number of nitrogens with one attached hydrogen (secondary N) is 1. The third-order valence-electron chi connectivity index (χ3n) is 2.42. The van der Waals surface area contributed by atoms with Crippen LogP contribution < -0.4 is 10.2 Å². The first-order chi connectivity index (χ1) is 8.58. The molecule has 0 atom stereocenters. The van der Waals surface area contributed by atoms with Crippen LogP contribution in [0.3, 0.4) is 0 Å². The van der Waals surface area contributed by atoms with Gasteiger partial charge in [0.05, 0.1) is 6.54 Å². The molecule has 0 aliphatic carbocycles. The lowest BCUT2D eigenvalue weighted by molar-refractivity contribution is -0.0974. The van der Waals surface area contributed by atoms with Crippen molar-refractivity contribution in [3.63, 3.8) is 0 Å². The molecule has 1 amide bonds. The van der Waals surface area contributed by atoms with E-state index in [2.05, 4.69) is 10.3 Å². The number of carbonyl (C=O) groups is 1. The fourth-order valence-electron chi connectivity index (χ4n) is 1.35. The summed E-state index contributed by atoms with van der Waals surface area (Å²) < 4.78 is 9.98. The number of ether oxygens (including phenoxy) is 2. The molecule has 1 N–H and O–H groups in total. The first-order valence-corrected chi connectivity index (χ1v) is 5.55. The highest BCUT2D eigenvalue weighted by Crippen LogP contribution is 2.09. The second-order valence-electron chi connectivity index (χ2n) is 3.91. The molecule has 0 aliphatic rings. The van der Waals surface area contributed by atoms with E-state index in [9.17, 15) is 4.79 Å². The van der Waals surface area contributed by atoms with Crippen molar-refractivity contribution >= 4 is 11.7 Å². The molecule has 0 fully saturated rings. The number of rotatable bonds is 6. The van der Waals surface area contributed by atoms with E-state index in [0.29, 0.717) is 12.1 Å². The molecule has 0 aliphatic heterocycles. The van der Waals surface area contributed by atoms with Gasteiger partial charge in [-0.25, -0.2) is 4.98 Å². The summed E-state index contributed by atoms with van der Waals surface area (Å²) in [5.74, 6) is 0.553. The lowest BCUT2D eigenvalue weighted by Gasteiger charge is -2.15. The van der Waals surface area contributed by atoms with Crippen molar-refractivity contribution in [3.05, 3.63) is 23.9 Å². The molecule has 18 heavy (non-hydrogen) atoms. The summed E-state index contributed by atoms with van der Waals surface area (Å²) in [6.07, 6.45) is 1.16. The molecule has 1 rings (SSSR count). The molecule has 0 aromatic carbocycles. The standard InChI is InChI=1S/C12H19N3O3/c1-15(2)10-7-9(5-6-13-10)12(16)14-8-11(17-3)18-4/h5-7,11H,8H2,1-4H3,(H,14,16). The number of pyridine rings is 1. The van der Waals surface area contributed by atoms with E-state index in [0.717, 1.165) is 5.82 Å². The zero-order chi connectivity index (χ0) is 13.5. The highest BCUT2D eigenvalue weighted by atomic mass is 16.7. The Kier molecular flexibility index (Phi) is 5.54. The zero-order valence-corrected chi connectivity index (χ0v) is 11.1. The van der Waals surface area contributed by atoms with Crippen LogP contribution in [0.25, 0.3) is 0 Å². The highest BCUT2D eigenvalue weighted by Gasteiger charge is 2.10.